The minimum Gasteiger partial charge on any atom is -0.367 e. The zero-order chi connectivity index (χ0) is 13.1. The van der Waals surface area contributed by atoms with Gasteiger partial charge in [-0.05, 0) is 48.6 Å². The molecule has 1 aliphatic rings. The maximum Gasteiger partial charge on any atom is 0.129 e. The highest BCUT2D eigenvalue weighted by molar-refractivity contribution is 5.52. The summed E-state index contributed by atoms with van der Waals surface area (Å²) in [5, 5.41) is 3.54. The van der Waals surface area contributed by atoms with Crippen LogP contribution in [-0.2, 0) is 12.8 Å². The van der Waals surface area contributed by atoms with Gasteiger partial charge < -0.3 is 5.32 Å². The molecule has 0 aromatic carbocycles. The molecule has 1 N–H and O–H groups in total. The van der Waals surface area contributed by atoms with E-state index in [9.17, 15) is 0 Å². The first-order chi connectivity index (χ1) is 9.36. The van der Waals surface area contributed by atoms with Crippen molar-refractivity contribution in [3.63, 3.8) is 0 Å². The van der Waals surface area contributed by atoms with Gasteiger partial charge in [0.2, 0.25) is 0 Å². The number of pyridine rings is 2. The Labute approximate surface area is 114 Å². The van der Waals surface area contributed by atoms with Crippen molar-refractivity contribution in [3.8, 4) is 0 Å². The smallest absolute Gasteiger partial charge is 0.129 e. The summed E-state index contributed by atoms with van der Waals surface area (Å²) in [6, 6.07) is 8.78. The zero-order valence-electron chi connectivity index (χ0n) is 11.3. The Morgan fingerprint density at radius 1 is 1.21 bits per heavy atom. The number of nitrogens with one attached hydrogen (secondary N) is 1. The standard InChI is InChI=1S/C16H19N3/c1-2-13-6-7-15-12(8-10-18-16(15)19-13)11-14-5-3-4-9-17-14/h3-5,8-10,13H,2,6-7,11H2,1H3,(H,18,19)/t13-/m0/s1. The molecule has 2 aromatic heterocycles. The Balaban J connectivity index is 1.87. The number of anilines is 1. The van der Waals surface area contributed by atoms with Crippen molar-refractivity contribution in [1.29, 1.82) is 0 Å². The van der Waals surface area contributed by atoms with Crippen molar-refractivity contribution in [3.05, 3.63) is 53.5 Å². The molecule has 0 saturated heterocycles. The van der Waals surface area contributed by atoms with Crippen LogP contribution >= 0.6 is 0 Å². The minimum absolute atomic E-state index is 0.574. The van der Waals surface area contributed by atoms with Crippen LogP contribution in [0.15, 0.2) is 36.7 Å². The number of nitrogens with zero attached hydrogens (tertiary/aromatic N) is 2. The van der Waals surface area contributed by atoms with Gasteiger partial charge in [-0.1, -0.05) is 13.0 Å². The van der Waals surface area contributed by atoms with Crippen LogP contribution in [0.1, 0.15) is 36.6 Å². The molecular formula is C16H19N3. The Kier molecular flexibility index (Phi) is 3.45. The molecule has 0 amide bonds. The maximum absolute atomic E-state index is 4.49. The van der Waals surface area contributed by atoms with Gasteiger partial charge in [0.1, 0.15) is 5.82 Å². The van der Waals surface area contributed by atoms with Crippen LogP contribution < -0.4 is 5.32 Å². The second-order valence-corrected chi connectivity index (χ2v) is 5.08. The molecule has 1 atom stereocenters. The third-order valence-electron chi connectivity index (χ3n) is 3.83. The lowest BCUT2D eigenvalue weighted by Crippen LogP contribution is -2.26. The number of hydrogen-bond acceptors (Lipinski definition) is 3. The Morgan fingerprint density at radius 2 is 2.16 bits per heavy atom. The average Bonchev–Trinajstić information content (AvgIpc) is 2.48. The Bertz CT molecular complexity index is 551. The molecule has 3 rings (SSSR count). The maximum atomic E-state index is 4.49. The van der Waals surface area contributed by atoms with Crippen molar-refractivity contribution < 1.29 is 0 Å². The van der Waals surface area contributed by atoms with Gasteiger partial charge >= 0.3 is 0 Å². The summed E-state index contributed by atoms with van der Waals surface area (Å²) in [7, 11) is 0. The second-order valence-electron chi connectivity index (χ2n) is 5.08. The third-order valence-corrected chi connectivity index (χ3v) is 3.83. The van der Waals surface area contributed by atoms with E-state index in [0.29, 0.717) is 6.04 Å². The molecule has 0 fully saturated rings. The lowest BCUT2D eigenvalue weighted by molar-refractivity contribution is 0.606. The van der Waals surface area contributed by atoms with Gasteiger partial charge in [0.25, 0.3) is 0 Å². The lowest BCUT2D eigenvalue weighted by atomic mass is 9.94. The predicted octanol–water partition coefficient (Wildman–Crippen LogP) is 3.20. The van der Waals surface area contributed by atoms with E-state index in [4.69, 9.17) is 0 Å². The van der Waals surface area contributed by atoms with Crippen molar-refractivity contribution in [1.82, 2.24) is 9.97 Å². The Hall–Kier alpha value is -1.90. The molecule has 0 aliphatic carbocycles. The van der Waals surface area contributed by atoms with Crippen LogP contribution in [0, 0.1) is 0 Å². The van der Waals surface area contributed by atoms with E-state index in [2.05, 4.69) is 34.3 Å². The molecule has 3 heterocycles. The summed E-state index contributed by atoms with van der Waals surface area (Å²) in [5.41, 5.74) is 3.84. The highest BCUT2D eigenvalue weighted by atomic mass is 15.0. The van der Waals surface area contributed by atoms with E-state index in [-0.39, 0.29) is 0 Å². The number of hydrogen-bond donors (Lipinski definition) is 1. The van der Waals surface area contributed by atoms with Crippen LogP contribution in [0.4, 0.5) is 5.82 Å². The quantitative estimate of drug-likeness (QED) is 0.912. The van der Waals surface area contributed by atoms with Crippen molar-refractivity contribution in [2.45, 2.75) is 38.6 Å². The number of fused-ring (bicyclic) bond motifs is 1. The number of rotatable bonds is 3. The summed E-state index contributed by atoms with van der Waals surface area (Å²) in [5.74, 6) is 1.08. The van der Waals surface area contributed by atoms with Gasteiger partial charge in [-0.15, -0.1) is 0 Å². The highest BCUT2D eigenvalue weighted by Gasteiger charge is 2.19. The minimum atomic E-state index is 0.574. The van der Waals surface area contributed by atoms with Gasteiger partial charge in [-0.2, -0.15) is 0 Å². The largest absolute Gasteiger partial charge is 0.367 e. The van der Waals surface area contributed by atoms with Gasteiger partial charge in [-0.25, -0.2) is 4.98 Å². The van der Waals surface area contributed by atoms with Crippen LogP contribution in [0.5, 0.6) is 0 Å². The molecule has 0 saturated carbocycles. The van der Waals surface area contributed by atoms with Gasteiger partial charge in [-0.3, -0.25) is 4.98 Å². The molecule has 19 heavy (non-hydrogen) atoms. The van der Waals surface area contributed by atoms with E-state index in [1.807, 2.05) is 24.5 Å². The number of aromatic nitrogens is 2. The van der Waals surface area contributed by atoms with Crippen LogP contribution in [-0.4, -0.2) is 16.0 Å². The molecule has 0 unspecified atom stereocenters. The first-order valence-electron chi connectivity index (χ1n) is 7.00. The third kappa shape index (κ3) is 2.60. The molecular weight excluding hydrogens is 234 g/mol. The molecule has 2 aromatic rings. The SMILES string of the molecule is CC[C@H]1CCc2c(Cc3ccccn3)ccnc2N1. The summed E-state index contributed by atoms with van der Waals surface area (Å²) >= 11 is 0. The van der Waals surface area contributed by atoms with Crippen LogP contribution in [0.3, 0.4) is 0 Å². The first-order valence-corrected chi connectivity index (χ1v) is 7.00. The summed E-state index contributed by atoms with van der Waals surface area (Å²) in [6.45, 7) is 2.22. The van der Waals surface area contributed by atoms with E-state index < -0.39 is 0 Å². The molecule has 98 valence electrons. The molecule has 1 aliphatic heterocycles. The normalized spacial score (nSPS) is 17.6. The lowest BCUT2D eigenvalue weighted by Gasteiger charge is -2.26. The molecule has 0 spiro atoms. The first kappa shape index (κ1) is 12.2. The van der Waals surface area contributed by atoms with Crippen molar-refractivity contribution in [2.75, 3.05) is 5.32 Å². The van der Waals surface area contributed by atoms with Gasteiger partial charge in [0, 0.05) is 30.6 Å². The van der Waals surface area contributed by atoms with E-state index >= 15 is 0 Å². The fraction of sp³-hybridized carbons (Fsp3) is 0.375. The molecule has 3 nitrogen and oxygen atoms in total. The van der Waals surface area contributed by atoms with E-state index in [1.54, 1.807) is 0 Å². The highest BCUT2D eigenvalue weighted by Crippen LogP contribution is 2.27. The van der Waals surface area contributed by atoms with E-state index in [0.717, 1.165) is 30.8 Å². The van der Waals surface area contributed by atoms with Crippen LogP contribution in [0.2, 0.25) is 0 Å². The average molecular weight is 253 g/mol. The molecule has 3 heteroatoms. The monoisotopic (exact) mass is 253 g/mol. The van der Waals surface area contributed by atoms with Crippen LogP contribution in [0.25, 0.3) is 0 Å². The summed E-state index contributed by atoms with van der Waals surface area (Å²) in [4.78, 5) is 8.90. The molecule has 0 radical (unpaired) electrons. The predicted molar refractivity (Wildman–Crippen MR) is 77.3 cm³/mol. The van der Waals surface area contributed by atoms with Gasteiger partial charge in [0.05, 0.1) is 0 Å². The van der Waals surface area contributed by atoms with Gasteiger partial charge in [0.15, 0.2) is 0 Å². The van der Waals surface area contributed by atoms with Crippen molar-refractivity contribution in [2.24, 2.45) is 0 Å². The second kappa shape index (κ2) is 5.39. The fourth-order valence-electron chi connectivity index (χ4n) is 2.69. The zero-order valence-corrected chi connectivity index (χ0v) is 11.3. The summed E-state index contributed by atoms with van der Waals surface area (Å²) < 4.78 is 0. The molecule has 0 bridgehead atoms. The fourth-order valence-corrected chi connectivity index (χ4v) is 2.69. The summed E-state index contributed by atoms with van der Waals surface area (Å²) in [6.07, 6.45) is 8.13. The Morgan fingerprint density at radius 3 is 2.95 bits per heavy atom. The van der Waals surface area contributed by atoms with E-state index in [1.165, 1.54) is 17.5 Å². The topological polar surface area (TPSA) is 37.8 Å². The van der Waals surface area contributed by atoms with Crippen molar-refractivity contribution >= 4 is 5.82 Å².